The van der Waals surface area contributed by atoms with Gasteiger partial charge in [0, 0.05) is 36.5 Å². The van der Waals surface area contributed by atoms with Gasteiger partial charge in [-0.05, 0) is 24.6 Å². The second-order valence-electron chi connectivity index (χ2n) is 8.14. The zero-order chi connectivity index (χ0) is 23.2. The maximum atomic E-state index is 14.5. The van der Waals surface area contributed by atoms with Gasteiger partial charge in [0.1, 0.15) is 10.3 Å². The van der Waals surface area contributed by atoms with Crippen molar-refractivity contribution in [2.75, 3.05) is 30.8 Å². The van der Waals surface area contributed by atoms with Crippen LogP contribution >= 0.6 is 11.3 Å². The van der Waals surface area contributed by atoms with Gasteiger partial charge in [0.05, 0.1) is 29.7 Å². The number of H-pyrrole nitrogens is 1. The number of para-hydroxylation sites is 1. The van der Waals surface area contributed by atoms with Crippen LogP contribution in [0.1, 0.15) is 28.4 Å². The molecule has 4 bridgehead atoms. The molecule has 0 spiro atoms. The van der Waals surface area contributed by atoms with Crippen molar-refractivity contribution in [3.8, 4) is 17.0 Å². The molecule has 1 atom stereocenters. The van der Waals surface area contributed by atoms with Crippen LogP contribution < -0.4 is 20.7 Å². The lowest BCUT2D eigenvalue weighted by molar-refractivity contribution is 0.0941. The van der Waals surface area contributed by atoms with Gasteiger partial charge >= 0.3 is 0 Å². The quantitative estimate of drug-likeness (QED) is 0.318. The molecule has 0 aliphatic carbocycles. The topological polar surface area (TPSA) is 104 Å². The summed E-state index contributed by atoms with van der Waals surface area (Å²) in [5, 5.41) is 10.4. The van der Waals surface area contributed by atoms with Crippen molar-refractivity contribution in [2.45, 2.75) is 12.3 Å². The van der Waals surface area contributed by atoms with Crippen molar-refractivity contribution in [1.82, 2.24) is 20.3 Å². The Morgan fingerprint density at radius 3 is 3.03 bits per heavy atom. The first-order valence-electron chi connectivity index (χ1n) is 10.9. The first-order chi connectivity index (χ1) is 16.6. The minimum absolute atomic E-state index is 0.0656. The Kier molecular flexibility index (Phi) is 4.95. The lowest BCUT2D eigenvalue weighted by atomic mass is 9.93. The van der Waals surface area contributed by atoms with E-state index in [0.29, 0.717) is 35.7 Å². The van der Waals surface area contributed by atoms with Crippen molar-refractivity contribution in [1.29, 1.82) is 0 Å². The maximum Gasteiger partial charge on any atom is 0.255 e. The average molecular weight is 477 g/mol. The summed E-state index contributed by atoms with van der Waals surface area (Å²) in [6, 6.07) is 6.53. The number of benzene rings is 1. The highest BCUT2D eigenvalue weighted by atomic mass is 32.1. The van der Waals surface area contributed by atoms with Crippen molar-refractivity contribution in [3.63, 3.8) is 0 Å². The van der Waals surface area contributed by atoms with E-state index in [1.165, 1.54) is 24.5 Å². The van der Waals surface area contributed by atoms with Gasteiger partial charge in [0.25, 0.3) is 5.91 Å². The van der Waals surface area contributed by atoms with Crippen LogP contribution in [0.4, 0.5) is 20.9 Å². The fraction of sp³-hybridized carbons (Fsp3) is 0.208. The molecule has 6 rings (SSSR count). The molecule has 34 heavy (non-hydrogen) atoms. The summed E-state index contributed by atoms with van der Waals surface area (Å²) < 4.78 is 19.8. The van der Waals surface area contributed by atoms with Gasteiger partial charge in [0.15, 0.2) is 16.7 Å². The number of amides is 1. The summed E-state index contributed by atoms with van der Waals surface area (Å²) in [7, 11) is 1.42. The van der Waals surface area contributed by atoms with Gasteiger partial charge in [-0.25, -0.2) is 14.4 Å². The number of halogens is 1. The SMILES string of the molecule is COc1c(F)cccc1Nc1c2[nH]c3c1C(=O)NC[C@@H]3C/C=C/CNc1nc3c-2ccnc3s1. The van der Waals surface area contributed by atoms with E-state index < -0.39 is 5.82 Å². The number of rotatable bonds is 3. The number of hydrogen-bond donors (Lipinski definition) is 4. The van der Waals surface area contributed by atoms with Gasteiger partial charge in [-0.2, -0.15) is 0 Å². The lowest BCUT2D eigenvalue weighted by Crippen LogP contribution is -2.34. The molecule has 172 valence electrons. The van der Waals surface area contributed by atoms with E-state index in [2.05, 4.69) is 38.1 Å². The predicted molar refractivity (Wildman–Crippen MR) is 131 cm³/mol. The molecule has 4 aromatic rings. The van der Waals surface area contributed by atoms with Gasteiger partial charge in [-0.1, -0.05) is 29.6 Å². The molecule has 0 fully saturated rings. The van der Waals surface area contributed by atoms with Crippen LogP contribution in [-0.2, 0) is 0 Å². The minimum Gasteiger partial charge on any atom is -0.492 e. The Labute approximate surface area is 198 Å². The van der Waals surface area contributed by atoms with Gasteiger partial charge in [-0.15, -0.1) is 0 Å². The van der Waals surface area contributed by atoms with Gasteiger partial charge < -0.3 is 25.7 Å². The van der Waals surface area contributed by atoms with Crippen molar-refractivity contribution >= 4 is 44.1 Å². The Hall–Kier alpha value is -3.92. The van der Waals surface area contributed by atoms with Crippen LogP contribution in [0, 0.1) is 5.82 Å². The van der Waals surface area contributed by atoms with E-state index in [0.717, 1.165) is 33.2 Å². The van der Waals surface area contributed by atoms with Gasteiger partial charge in [-0.3, -0.25) is 4.79 Å². The number of thiazole rings is 1. The molecule has 3 aromatic heterocycles. The first-order valence-corrected chi connectivity index (χ1v) is 11.7. The van der Waals surface area contributed by atoms with Crippen LogP contribution in [-0.4, -0.2) is 41.1 Å². The molecule has 2 aliphatic rings. The number of nitrogens with one attached hydrogen (secondary N) is 4. The van der Waals surface area contributed by atoms with E-state index in [-0.39, 0.29) is 17.6 Å². The number of aromatic amines is 1. The Balaban J connectivity index is 1.63. The molecular formula is C24H21FN6O2S. The highest BCUT2D eigenvalue weighted by molar-refractivity contribution is 7.21. The van der Waals surface area contributed by atoms with Crippen molar-refractivity contribution < 1.29 is 13.9 Å². The Bertz CT molecular complexity index is 1460. The normalized spacial score (nSPS) is 17.8. The minimum atomic E-state index is -0.491. The fourth-order valence-corrected chi connectivity index (χ4v) is 5.39. The number of aromatic nitrogens is 3. The number of methoxy groups -OCH3 is 1. The third-order valence-electron chi connectivity index (χ3n) is 6.13. The highest BCUT2D eigenvalue weighted by Crippen LogP contribution is 2.44. The molecule has 8 nitrogen and oxygen atoms in total. The number of ether oxygens (including phenoxy) is 1. The average Bonchev–Trinajstić information content (AvgIpc) is 3.42. The number of anilines is 3. The second kappa shape index (κ2) is 8.14. The fourth-order valence-electron chi connectivity index (χ4n) is 4.55. The van der Waals surface area contributed by atoms with Crippen LogP contribution in [0.5, 0.6) is 5.75 Å². The molecule has 0 radical (unpaired) electrons. The molecule has 1 aromatic carbocycles. The second-order valence-corrected chi connectivity index (χ2v) is 9.11. The molecule has 10 heteroatoms. The zero-order valence-corrected chi connectivity index (χ0v) is 19.1. The number of pyridine rings is 1. The standard InChI is InChI=1S/C24H21FN6O2S/c1-33-21-14(25)6-4-7-15(21)29-20-16-17-12(11-28-22(16)32)5-2-3-9-27-24-31-19-13(18(20)30-17)8-10-26-23(19)34-24/h2-4,6-8,10,12,29-30H,5,9,11H2,1H3,(H,27,31)(H,28,32)/b3-2+/t12-/m0/s1. The molecule has 0 saturated carbocycles. The molecule has 4 N–H and O–H groups in total. The number of carbonyl (C=O) groups excluding carboxylic acids is 1. The molecule has 0 saturated heterocycles. The third kappa shape index (κ3) is 3.29. The Morgan fingerprint density at radius 1 is 1.24 bits per heavy atom. The highest BCUT2D eigenvalue weighted by Gasteiger charge is 2.33. The zero-order valence-electron chi connectivity index (χ0n) is 18.2. The summed E-state index contributed by atoms with van der Waals surface area (Å²) >= 11 is 1.47. The van der Waals surface area contributed by atoms with Crippen LogP contribution in [0.25, 0.3) is 21.6 Å². The molecule has 0 unspecified atom stereocenters. The molecule has 5 heterocycles. The van der Waals surface area contributed by atoms with E-state index in [1.54, 1.807) is 18.3 Å². The van der Waals surface area contributed by atoms with Crippen LogP contribution in [0.15, 0.2) is 42.6 Å². The van der Waals surface area contributed by atoms with Crippen LogP contribution in [0.3, 0.4) is 0 Å². The van der Waals surface area contributed by atoms with E-state index in [1.807, 2.05) is 6.07 Å². The van der Waals surface area contributed by atoms with E-state index >= 15 is 0 Å². The Morgan fingerprint density at radius 2 is 2.15 bits per heavy atom. The number of fused-ring (bicyclic) bond motifs is 3. The lowest BCUT2D eigenvalue weighted by Gasteiger charge is -2.23. The summed E-state index contributed by atoms with van der Waals surface area (Å²) in [6.07, 6.45) is 6.66. The predicted octanol–water partition coefficient (Wildman–Crippen LogP) is 4.78. The third-order valence-corrected chi connectivity index (χ3v) is 7.05. The monoisotopic (exact) mass is 476 g/mol. The summed E-state index contributed by atoms with van der Waals surface area (Å²) in [5.74, 6) is -0.535. The smallest absolute Gasteiger partial charge is 0.255 e. The molecular weight excluding hydrogens is 455 g/mol. The summed E-state index contributed by atoms with van der Waals surface area (Å²) in [6.45, 7) is 1.18. The first kappa shape index (κ1) is 20.7. The number of carbonyl (C=O) groups is 1. The maximum absolute atomic E-state index is 14.5. The van der Waals surface area contributed by atoms with E-state index in [4.69, 9.17) is 9.72 Å². The summed E-state index contributed by atoms with van der Waals surface area (Å²) in [4.78, 5) is 26.7. The van der Waals surface area contributed by atoms with Gasteiger partial charge in [0.2, 0.25) is 0 Å². The van der Waals surface area contributed by atoms with Crippen LogP contribution in [0.2, 0.25) is 0 Å². The number of nitrogens with zero attached hydrogens (tertiary/aromatic N) is 2. The molecule has 2 aliphatic heterocycles. The molecule has 1 amide bonds. The number of hydrogen-bond acceptors (Lipinski definition) is 7. The summed E-state index contributed by atoms with van der Waals surface area (Å²) in [5.41, 5.74) is 4.56. The van der Waals surface area contributed by atoms with E-state index in [9.17, 15) is 9.18 Å². The number of allylic oxidation sites excluding steroid dienone is 1. The largest absolute Gasteiger partial charge is 0.492 e. The van der Waals surface area contributed by atoms with Crippen molar-refractivity contribution in [3.05, 3.63) is 59.7 Å². The van der Waals surface area contributed by atoms with Crippen molar-refractivity contribution in [2.24, 2.45) is 0 Å².